The fourth-order valence-corrected chi connectivity index (χ4v) is 0.530. The number of nitrogens with zero attached hydrogens (tertiary/aromatic N) is 3. The highest BCUT2D eigenvalue weighted by atomic mass is 14.9. The molecule has 0 bridgehead atoms. The molecule has 0 fully saturated rings. The van der Waals surface area contributed by atoms with Gasteiger partial charge in [0, 0.05) is 11.9 Å². The molecule has 4 heteroatoms. The Bertz CT molecular complexity index is 290. The zero-order valence-electron chi connectivity index (χ0n) is 5.50. The Kier molecular flexibility index (Phi) is 1.68. The van der Waals surface area contributed by atoms with Gasteiger partial charge in [0.15, 0.2) is 0 Å². The van der Waals surface area contributed by atoms with Gasteiger partial charge in [-0.1, -0.05) is 5.46 Å². The zero-order valence-corrected chi connectivity index (χ0v) is 5.50. The van der Waals surface area contributed by atoms with Gasteiger partial charge in [-0.2, -0.15) is 5.26 Å². The van der Waals surface area contributed by atoms with E-state index in [0.717, 1.165) is 0 Å². The molecular weight excluding hydrogens is 125 g/mol. The van der Waals surface area contributed by atoms with Crippen LogP contribution in [0.5, 0.6) is 0 Å². The van der Waals surface area contributed by atoms with Crippen molar-refractivity contribution in [3.8, 4) is 6.07 Å². The Labute approximate surface area is 60.1 Å². The van der Waals surface area contributed by atoms with Crippen molar-refractivity contribution in [1.29, 1.82) is 5.26 Å². The van der Waals surface area contributed by atoms with E-state index in [9.17, 15) is 0 Å². The van der Waals surface area contributed by atoms with Gasteiger partial charge in [-0.05, 0) is 6.92 Å². The zero-order chi connectivity index (χ0) is 7.56. The maximum absolute atomic E-state index is 8.34. The summed E-state index contributed by atoms with van der Waals surface area (Å²) in [7, 11) is 5.41. The van der Waals surface area contributed by atoms with E-state index in [0.29, 0.717) is 11.2 Å². The van der Waals surface area contributed by atoms with Gasteiger partial charge in [0.05, 0.1) is 0 Å². The van der Waals surface area contributed by atoms with E-state index in [2.05, 4.69) is 9.97 Å². The Morgan fingerprint density at radius 1 is 1.70 bits per heavy atom. The first-order chi connectivity index (χ1) is 4.74. The third kappa shape index (κ3) is 1.13. The van der Waals surface area contributed by atoms with E-state index in [1.807, 2.05) is 6.07 Å². The predicted molar refractivity (Wildman–Crippen MR) is 36.9 cm³/mol. The summed E-state index contributed by atoms with van der Waals surface area (Å²) in [5, 5.41) is 8.34. The smallest absolute Gasteiger partial charge is 0.228 e. The van der Waals surface area contributed by atoms with Gasteiger partial charge in [0.1, 0.15) is 13.9 Å². The van der Waals surface area contributed by atoms with Crippen LogP contribution in [0, 0.1) is 18.3 Å². The Balaban J connectivity index is 3.20. The van der Waals surface area contributed by atoms with Gasteiger partial charge in [-0.15, -0.1) is 0 Å². The number of aryl methyl sites for hydroxylation is 1. The summed E-state index contributed by atoms with van der Waals surface area (Å²) in [5.41, 5.74) is 1.16. The van der Waals surface area contributed by atoms with E-state index in [-0.39, 0.29) is 5.82 Å². The second-order valence-electron chi connectivity index (χ2n) is 1.85. The van der Waals surface area contributed by atoms with Crippen LogP contribution in [0.2, 0.25) is 0 Å². The Morgan fingerprint density at radius 2 is 2.40 bits per heavy atom. The van der Waals surface area contributed by atoms with Crippen molar-refractivity contribution in [2.45, 2.75) is 6.92 Å². The van der Waals surface area contributed by atoms with Crippen LogP contribution in [-0.4, -0.2) is 17.8 Å². The van der Waals surface area contributed by atoms with Gasteiger partial charge in [-0.25, -0.2) is 9.97 Å². The second kappa shape index (κ2) is 2.48. The molecule has 0 aromatic carbocycles. The summed E-state index contributed by atoms with van der Waals surface area (Å²) in [6.07, 6.45) is 1.43. The van der Waals surface area contributed by atoms with E-state index in [1.54, 1.807) is 6.92 Å². The highest BCUT2D eigenvalue weighted by Gasteiger charge is 1.95. The standard InChI is InChI=1S/C6H4BN3/c1-4-5(7)3-9-6(2-8)10-4/h3H,1H3. The average Bonchev–Trinajstić information content (AvgIpc) is 1.95. The predicted octanol–water partition coefficient (Wildman–Crippen LogP) is -0.550. The SMILES string of the molecule is [B]c1cnc(C#N)nc1C. The third-order valence-electron chi connectivity index (χ3n) is 1.12. The van der Waals surface area contributed by atoms with E-state index >= 15 is 0 Å². The van der Waals surface area contributed by atoms with E-state index in [4.69, 9.17) is 13.1 Å². The quantitative estimate of drug-likeness (QED) is 0.441. The van der Waals surface area contributed by atoms with E-state index < -0.39 is 0 Å². The molecule has 46 valence electrons. The molecule has 1 heterocycles. The van der Waals surface area contributed by atoms with Gasteiger partial charge in [-0.3, -0.25) is 0 Å². The molecule has 1 rings (SSSR count). The van der Waals surface area contributed by atoms with Crippen LogP contribution in [0.25, 0.3) is 0 Å². The van der Waals surface area contributed by atoms with E-state index in [1.165, 1.54) is 6.20 Å². The lowest BCUT2D eigenvalue weighted by atomic mass is 9.97. The summed E-state index contributed by atoms with van der Waals surface area (Å²) in [4.78, 5) is 7.45. The normalized spacial score (nSPS) is 8.80. The molecule has 0 saturated heterocycles. The molecular formula is C6H4BN3. The van der Waals surface area contributed by atoms with Crippen molar-refractivity contribution < 1.29 is 0 Å². The van der Waals surface area contributed by atoms with Crippen LogP contribution in [0.15, 0.2) is 6.20 Å². The Hall–Kier alpha value is -1.37. The third-order valence-corrected chi connectivity index (χ3v) is 1.12. The van der Waals surface area contributed by atoms with Gasteiger partial charge in [0.2, 0.25) is 5.82 Å². The minimum Gasteiger partial charge on any atom is -0.228 e. The highest BCUT2D eigenvalue weighted by Crippen LogP contribution is 1.86. The van der Waals surface area contributed by atoms with Crippen LogP contribution in [0.1, 0.15) is 11.5 Å². The minimum atomic E-state index is 0.159. The van der Waals surface area contributed by atoms with Crippen molar-refractivity contribution >= 4 is 13.3 Å². The molecule has 10 heavy (non-hydrogen) atoms. The molecule has 0 unspecified atom stereocenters. The van der Waals surface area contributed by atoms with Crippen LogP contribution in [0.4, 0.5) is 0 Å². The maximum Gasteiger partial charge on any atom is 0.232 e. The fraction of sp³-hybridized carbons (Fsp3) is 0.167. The number of hydrogen-bond donors (Lipinski definition) is 0. The summed E-state index contributed by atoms with van der Waals surface area (Å²) in [5.74, 6) is 0.159. The molecule has 3 nitrogen and oxygen atoms in total. The van der Waals surface area contributed by atoms with Crippen molar-refractivity contribution in [3.63, 3.8) is 0 Å². The monoisotopic (exact) mass is 129 g/mol. The lowest BCUT2D eigenvalue weighted by Gasteiger charge is -1.95. The number of rotatable bonds is 0. The fourth-order valence-electron chi connectivity index (χ4n) is 0.530. The number of nitriles is 1. The molecule has 1 aromatic rings. The van der Waals surface area contributed by atoms with Crippen molar-refractivity contribution in [2.75, 3.05) is 0 Å². The van der Waals surface area contributed by atoms with Gasteiger partial charge < -0.3 is 0 Å². The summed E-state index contributed by atoms with van der Waals surface area (Å²) >= 11 is 0. The average molecular weight is 129 g/mol. The lowest BCUT2D eigenvalue weighted by Crippen LogP contribution is -2.11. The molecule has 0 aliphatic carbocycles. The molecule has 2 radical (unpaired) electrons. The maximum atomic E-state index is 8.34. The first kappa shape index (κ1) is 6.75. The minimum absolute atomic E-state index is 0.159. The molecule has 0 amide bonds. The lowest BCUT2D eigenvalue weighted by molar-refractivity contribution is 1.08. The summed E-state index contributed by atoms with van der Waals surface area (Å²) in [6.45, 7) is 1.73. The van der Waals surface area contributed by atoms with Crippen molar-refractivity contribution in [1.82, 2.24) is 9.97 Å². The van der Waals surface area contributed by atoms with Gasteiger partial charge in [0.25, 0.3) is 0 Å². The largest absolute Gasteiger partial charge is 0.232 e. The van der Waals surface area contributed by atoms with Crippen molar-refractivity contribution in [2.24, 2.45) is 0 Å². The molecule has 0 aliphatic rings. The molecule has 1 aromatic heterocycles. The Morgan fingerprint density at radius 3 is 2.90 bits per heavy atom. The summed E-state index contributed by atoms with van der Waals surface area (Å²) in [6, 6.07) is 1.82. The first-order valence-corrected chi connectivity index (χ1v) is 2.73. The van der Waals surface area contributed by atoms with Crippen LogP contribution >= 0.6 is 0 Å². The molecule has 0 saturated carbocycles. The number of aromatic nitrogens is 2. The molecule has 0 atom stereocenters. The second-order valence-corrected chi connectivity index (χ2v) is 1.85. The van der Waals surface area contributed by atoms with Gasteiger partial charge >= 0.3 is 0 Å². The van der Waals surface area contributed by atoms with Crippen LogP contribution in [-0.2, 0) is 0 Å². The van der Waals surface area contributed by atoms with Crippen molar-refractivity contribution in [3.05, 3.63) is 17.7 Å². The molecule has 0 spiro atoms. The molecule has 0 N–H and O–H groups in total. The highest BCUT2D eigenvalue weighted by molar-refractivity contribution is 6.32. The first-order valence-electron chi connectivity index (χ1n) is 2.73. The summed E-state index contributed by atoms with van der Waals surface area (Å²) < 4.78 is 0. The van der Waals surface area contributed by atoms with Crippen LogP contribution < -0.4 is 5.46 Å². The topological polar surface area (TPSA) is 49.6 Å². The molecule has 0 aliphatic heterocycles. The number of hydrogen-bond acceptors (Lipinski definition) is 3. The van der Waals surface area contributed by atoms with Crippen LogP contribution in [0.3, 0.4) is 0 Å².